The van der Waals surface area contributed by atoms with Crippen molar-refractivity contribution in [2.45, 2.75) is 27.2 Å². The highest BCUT2D eigenvalue weighted by atomic mass is 19.1. The van der Waals surface area contributed by atoms with Gasteiger partial charge in [-0.15, -0.1) is 0 Å². The van der Waals surface area contributed by atoms with Crippen LogP contribution in [0.3, 0.4) is 0 Å². The Kier molecular flexibility index (Phi) is 2.28. The van der Waals surface area contributed by atoms with Crippen LogP contribution < -0.4 is 0 Å². The summed E-state index contributed by atoms with van der Waals surface area (Å²) in [5.41, 5.74) is 2.62. The number of benzene rings is 1. The van der Waals surface area contributed by atoms with Gasteiger partial charge in [0.1, 0.15) is 5.82 Å². The molecule has 1 heteroatoms. The molecule has 0 fully saturated rings. The Morgan fingerprint density at radius 2 is 1.91 bits per heavy atom. The summed E-state index contributed by atoms with van der Waals surface area (Å²) in [6.45, 7) is 5.72. The van der Waals surface area contributed by atoms with Gasteiger partial charge in [0, 0.05) is 0 Å². The maximum absolute atomic E-state index is 13.3. The molecule has 0 aliphatic carbocycles. The molecular weight excluding hydrogens is 139 g/mol. The molecule has 0 N–H and O–H groups in total. The summed E-state index contributed by atoms with van der Waals surface area (Å²) in [7, 11) is 0. The quantitative estimate of drug-likeness (QED) is 0.580. The first-order valence-electron chi connectivity index (χ1n) is 3.91. The van der Waals surface area contributed by atoms with E-state index in [1.165, 1.54) is 0 Å². The number of halogens is 1. The maximum Gasteiger partial charge on any atom is 0.129 e. The van der Waals surface area contributed by atoms with Crippen molar-refractivity contribution in [3.05, 3.63) is 34.6 Å². The van der Waals surface area contributed by atoms with E-state index in [1.807, 2.05) is 32.9 Å². The molecule has 0 radical (unpaired) electrons. The Labute approximate surface area is 67.1 Å². The Morgan fingerprint density at radius 3 is 2.45 bits per heavy atom. The lowest BCUT2D eigenvalue weighted by atomic mass is 10.0. The summed E-state index contributed by atoms with van der Waals surface area (Å²) in [6, 6.07) is 3.83. The first kappa shape index (κ1) is 8.25. The number of hydrogen-bond donors (Lipinski definition) is 0. The molecule has 0 aromatic heterocycles. The van der Waals surface area contributed by atoms with E-state index in [2.05, 4.69) is 0 Å². The lowest BCUT2D eigenvalue weighted by molar-refractivity contribution is 0.601. The van der Waals surface area contributed by atoms with E-state index in [-0.39, 0.29) is 5.82 Å². The van der Waals surface area contributed by atoms with Crippen LogP contribution in [0, 0.1) is 19.7 Å². The van der Waals surface area contributed by atoms with Crippen molar-refractivity contribution in [1.29, 1.82) is 0 Å². The minimum absolute atomic E-state index is 0.0347. The molecule has 1 rings (SSSR count). The Bertz CT molecular complexity index is 264. The minimum atomic E-state index is -0.0347. The molecule has 0 aliphatic heterocycles. The first-order valence-corrected chi connectivity index (χ1v) is 3.91. The fourth-order valence-corrected chi connectivity index (χ4v) is 1.11. The van der Waals surface area contributed by atoms with Crippen molar-refractivity contribution in [3.8, 4) is 0 Å². The van der Waals surface area contributed by atoms with Crippen molar-refractivity contribution < 1.29 is 4.39 Å². The summed E-state index contributed by atoms with van der Waals surface area (Å²) in [6.07, 6.45) is 0.771. The molecule has 11 heavy (non-hydrogen) atoms. The van der Waals surface area contributed by atoms with Gasteiger partial charge in [0.25, 0.3) is 0 Å². The van der Waals surface area contributed by atoms with Gasteiger partial charge in [-0.2, -0.15) is 0 Å². The molecule has 1 aromatic carbocycles. The third-order valence-corrected chi connectivity index (χ3v) is 2.12. The van der Waals surface area contributed by atoms with Crippen LogP contribution in [0.15, 0.2) is 12.1 Å². The molecule has 0 unspecified atom stereocenters. The molecule has 0 spiro atoms. The van der Waals surface area contributed by atoms with Crippen LogP contribution in [0.2, 0.25) is 0 Å². The van der Waals surface area contributed by atoms with Crippen LogP contribution >= 0.6 is 0 Å². The second kappa shape index (κ2) is 3.04. The van der Waals surface area contributed by atoms with Gasteiger partial charge in [0.05, 0.1) is 0 Å². The van der Waals surface area contributed by atoms with E-state index in [9.17, 15) is 4.39 Å². The molecule has 1 aromatic rings. The minimum Gasteiger partial charge on any atom is -0.206 e. The van der Waals surface area contributed by atoms with Gasteiger partial charge in [0.2, 0.25) is 0 Å². The van der Waals surface area contributed by atoms with Crippen LogP contribution in [0.1, 0.15) is 23.6 Å². The highest BCUT2D eigenvalue weighted by Gasteiger charge is 2.04. The third kappa shape index (κ3) is 1.42. The molecule has 0 bridgehead atoms. The summed E-state index contributed by atoms with van der Waals surface area (Å²) >= 11 is 0. The third-order valence-electron chi connectivity index (χ3n) is 2.12. The summed E-state index contributed by atoms with van der Waals surface area (Å²) in [5.74, 6) is -0.0347. The largest absolute Gasteiger partial charge is 0.206 e. The van der Waals surface area contributed by atoms with Crippen molar-refractivity contribution >= 4 is 0 Å². The number of rotatable bonds is 1. The zero-order valence-electron chi connectivity index (χ0n) is 7.24. The second-order valence-corrected chi connectivity index (χ2v) is 2.83. The van der Waals surface area contributed by atoms with Gasteiger partial charge in [-0.25, -0.2) is 4.39 Å². The van der Waals surface area contributed by atoms with Crippen LogP contribution in [-0.4, -0.2) is 0 Å². The van der Waals surface area contributed by atoms with Crippen molar-refractivity contribution in [3.63, 3.8) is 0 Å². The Balaban J connectivity index is 3.25. The maximum atomic E-state index is 13.3. The Morgan fingerprint density at radius 1 is 1.27 bits per heavy atom. The van der Waals surface area contributed by atoms with Crippen LogP contribution in [0.4, 0.5) is 4.39 Å². The van der Waals surface area contributed by atoms with Crippen molar-refractivity contribution in [2.24, 2.45) is 0 Å². The first-order chi connectivity index (χ1) is 5.16. The normalized spacial score (nSPS) is 10.2. The molecule has 0 saturated heterocycles. The zero-order valence-corrected chi connectivity index (χ0v) is 7.24. The van der Waals surface area contributed by atoms with E-state index in [0.29, 0.717) is 0 Å². The standard InChI is InChI=1S/C10H13F/c1-4-9-6-5-7(2)8(3)10(9)11/h5-6H,4H2,1-3H3. The summed E-state index contributed by atoms with van der Waals surface area (Å²) in [4.78, 5) is 0. The Hall–Kier alpha value is -0.850. The van der Waals surface area contributed by atoms with Gasteiger partial charge < -0.3 is 0 Å². The fraction of sp³-hybridized carbons (Fsp3) is 0.400. The highest BCUT2D eigenvalue weighted by molar-refractivity contribution is 5.31. The number of hydrogen-bond acceptors (Lipinski definition) is 0. The molecular formula is C10H13F. The summed E-state index contributed by atoms with van der Waals surface area (Å²) in [5, 5.41) is 0. The van der Waals surface area contributed by atoms with Crippen molar-refractivity contribution in [2.75, 3.05) is 0 Å². The summed E-state index contributed by atoms with van der Waals surface area (Å²) < 4.78 is 13.3. The monoisotopic (exact) mass is 152 g/mol. The van der Waals surface area contributed by atoms with Gasteiger partial charge >= 0.3 is 0 Å². The number of aryl methyl sites for hydroxylation is 2. The molecule has 0 aliphatic rings. The van der Waals surface area contributed by atoms with E-state index in [1.54, 1.807) is 0 Å². The topological polar surface area (TPSA) is 0 Å². The van der Waals surface area contributed by atoms with E-state index >= 15 is 0 Å². The second-order valence-electron chi connectivity index (χ2n) is 2.83. The van der Waals surface area contributed by atoms with Gasteiger partial charge in [-0.3, -0.25) is 0 Å². The molecule has 0 nitrogen and oxygen atoms in total. The molecule has 0 amide bonds. The van der Waals surface area contributed by atoms with Gasteiger partial charge in [-0.1, -0.05) is 19.1 Å². The predicted octanol–water partition coefficient (Wildman–Crippen LogP) is 3.00. The van der Waals surface area contributed by atoms with Crippen LogP contribution in [0.25, 0.3) is 0 Å². The smallest absolute Gasteiger partial charge is 0.129 e. The van der Waals surface area contributed by atoms with Crippen LogP contribution in [0.5, 0.6) is 0 Å². The van der Waals surface area contributed by atoms with E-state index in [4.69, 9.17) is 0 Å². The lowest BCUT2D eigenvalue weighted by Crippen LogP contribution is -1.93. The van der Waals surface area contributed by atoms with Crippen molar-refractivity contribution in [1.82, 2.24) is 0 Å². The highest BCUT2D eigenvalue weighted by Crippen LogP contribution is 2.16. The molecule has 0 saturated carbocycles. The zero-order chi connectivity index (χ0) is 8.43. The average molecular weight is 152 g/mol. The lowest BCUT2D eigenvalue weighted by Gasteiger charge is -2.05. The van der Waals surface area contributed by atoms with E-state index < -0.39 is 0 Å². The molecule has 60 valence electrons. The van der Waals surface area contributed by atoms with Gasteiger partial charge in [-0.05, 0) is 37.0 Å². The fourth-order valence-electron chi connectivity index (χ4n) is 1.11. The van der Waals surface area contributed by atoms with Gasteiger partial charge in [0.15, 0.2) is 0 Å². The SMILES string of the molecule is CCc1ccc(C)c(C)c1F. The molecule has 0 heterocycles. The molecule has 0 atom stereocenters. The van der Waals surface area contributed by atoms with Crippen LogP contribution in [-0.2, 0) is 6.42 Å². The predicted molar refractivity (Wildman–Crippen MR) is 45.3 cm³/mol. The van der Waals surface area contributed by atoms with E-state index in [0.717, 1.165) is 23.1 Å². The average Bonchev–Trinajstić information content (AvgIpc) is 2.01.